The Morgan fingerprint density at radius 2 is 1.68 bits per heavy atom. The highest BCUT2D eigenvalue weighted by molar-refractivity contribution is 7.89. The van der Waals surface area contributed by atoms with Crippen LogP contribution in [-0.2, 0) is 30.9 Å². The van der Waals surface area contributed by atoms with Gasteiger partial charge >= 0.3 is 11.8 Å². The van der Waals surface area contributed by atoms with Crippen molar-refractivity contribution < 1.29 is 27.5 Å². The molecule has 1 fully saturated rings. The van der Waals surface area contributed by atoms with Crippen LogP contribution in [0.25, 0.3) is 0 Å². The first kappa shape index (κ1) is 25.7. The zero-order valence-electron chi connectivity index (χ0n) is 19.9. The topological polar surface area (TPSA) is 114 Å². The summed E-state index contributed by atoms with van der Waals surface area (Å²) in [5, 5.41) is 5.04. The third-order valence-electron chi connectivity index (χ3n) is 5.58. The van der Waals surface area contributed by atoms with Gasteiger partial charge in [-0.3, -0.25) is 9.59 Å². The molecule has 3 rings (SSSR count). The Morgan fingerprint density at radius 3 is 2.29 bits per heavy atom. The van der Waals surface area contributed by atoms with Gasteiger partial charge in [-0.25, -0.2) is 8.42 Å². The van der Waals surface area contributed by atoms with Crippen LogP contribution in [0.2, 0.25) is 0 Å². The average Bonchev–Trinajstić information content (AvgIpc) is 2.80. The number of hydrogen-bond acceptors (Lipinski definition) is 6. The first-order chi connectivity index (χ1) is 16.1. The number of nitrogens with one attached hydrogen (secondary N) is 2. The molecule has 1 aliphatic heterocycles. The maximum absolute atomic E-state index is 13.5. The van der Waals surface area contributed by atoms with Crippen LogP contribution in [0.15, 0.2) is 41.3 Å². The minimum Gasteiger partial charge on any atom is -0.497 e. The number of benzene rings is 2. The quantitative estimate of drug-likeness (QED) is 0.574. The lowest BCUT2D eigenvalue weighted by atomic mass is 10.1. The number of aryl methyl sites for hydroxylation is 3. The summed E-state index contributed by atoms with van der Waals surface area (Å²) in [7, 11) is -2.30. The lowest BCUT2D eigenvalue weighted by Gasteiger charge is -2.35. The molecule has 0 radical (unpaired) electrons. The van der Waals surface area contributed by atoms with Gasteiger partial charge in [-0.15, -0.1) is 0 Å². The van der Waals surface area contributed by atoms with Gasteiger partial charge in [-0.05, 0) is 56.0 Å². The molecule has 9 nitrogen and oxygen atoms in total. The normalized spacial score (nSPS) is 16.6. The number of carbonyl (C=O) groups is 2. The fourth-order valence-corrected chi connectivity index (χ4v) is 6.04. The molecule has 10 heteroatoms. The molecule has 0 bridgehead atoms. The molecular weight excluding hydrogens is 458 g/mol. The summed E-state index contributed by atoms with van der Waals surface area (Å²) < 4.78 is 39.0. The Bertz CT molecular complexity index is 1120. The second-order valence-corrected chi connectivity index (χ2v) is 10.1. The molecule has 0 aliphatic carbocycles. The van der Waals surface area contributed by atoms with Gasteiger partial charge in [0.25, 0.3) is 0 Å². The first-order valence-electron chi connectivity index (χ1n) is 11.0. The number of carbonyl (C=O) groups excluding carboxylic acids is 2. The Kier molecular flexibility index (Phi) is 8.29. The molecule has 2 aromatic rings. The molecule has 1 heterocycles. The summed E-state index contributed by atoms with van der Waals surface area (Å²) in [5.41, 5.74) is 3.10. The minimum absolute atomic E-state index is 0.141. The zero-order valence-corrected chi connectivity index (χ0v) is 20.7. The number of ether oxygens (including phenoxy) is 2. The molecule has 1 aliphatic rings. The molecule has 184 valence electrons. The first-order valence-corrected chi connectivity index (χ1v) is 12.5. The van der Waals surface area contributed by atoms with Gasteiger partial charge in [-0.2, -0.15) is 4.31 Å². The fraction of sp³-hybridized carbons (Fsp3) is 0.417. The van der Waals surface area contributed by atoms with E-state index in [-0.39, 0.29) is 24.5 Å². The maximum Gasteiger partial charge on any atom is 0.309 e. The summed E-state index contributed by atoms with van der Waals surface area (Å²) in [6, 6.07) is 10.7. The second kappa shape index (κ2) is 11.0. The Labute approximate surface area is 200 Å². The summed E-state index contributed by atoms with van der Waals surface area (Å²) >= 11 is 0. The highest BCUT2D eigenvalue weighted by Crippen LogP contribution is 2.28. The van der Waals surface area contributed by atoms with Crippen LogP contribution >= 0.6 is 0 Å². The van der Waals surface area contributed by atoms with Crippen molar-refractivity contribution in [3.05, 3.63) is 58.7 Å². The number of amides is 2. The van der Waals surface area contributed by atoms with E-state index in [1.54, 1.807) is 45.2 Å². The number of hydrogen-bond donors (Lipinski definition) is 2. The van der Waals surface area contributed by atoms with E-state index in [1.165, 1.54) is 4.31 Å². The largest absolute Gasteiger partial charge is 0.497 e. The highest BCUT2D eigenvalue weighted by Gasteiger charge is 2.36. The smallest absolute Gasteiger partial charge is 0.309 e. The summed E-state index contributed by atoms with van der Waals surface area (Å²) in [5.74, 6) is -0.982. The maximum atomic E-state index is 13.5. The third-order valence-corrected chi connectivity index (χ3v) is 7.78. The van der Waals surface area contributed by atoms with Crippen LogP contribution < -0.4 is 15.4 Å². The molecule has 34 heavy (non-hydrogen) atoms. The predicted octanol–water partition coefficient (Wildman–Crippen LogP) is 1.79. The van der Waals surface area contributed by atoms with Gasteiger partial charge in [-0.1, -0.05) is 29.8 Å². The van der Waals surface area contributed by atoms with Gasteiger partial charge in [0.05, 0.1) is 25.2 Å². The van der Waals surface area contributed by atoms with Gasteiger partial charge < -0.3 is 20.1 Å². The highest BCUT2D eigenvalue weighted by atomic mass is 32.2. The Balaban J connectivity index is 1.63. The zero-order chi connectivity index (χ0) is 24.9. The monoisotopic (exact) mass is 489 g/mol. The number of nitrogens with zero attached hydrogens (tertiary/aromatic N) is 1. The fourth-order valence-electron chi connectivity index (χ4n) is 4.06. The van der Waals surface area contributed by atoms with Crippen molar-refractivity contribution in [3.63, 3.8) is 0 Å². The summed E-state index contributed by atoms with van der Waals surface area (Å²) in [6.45, 7) is 6.10. The molecule has 1 atom stereocenters. The van der Waals surface area contributed by atoms with E-state index in [4.69, 9.17) is 9.47 Å². The van der Waals surface area contributed by atoms with Crippen LogP contribution in [-0.4, -0.2) is 57.6 Å². The predicted molar refractivity (Wildman–Crippen MR) is 127 cm³/mol. The van der Waals surface area contributed by atoms with Crippen LogP contribution in [0.1, 0.15) is 28.7 Å². The van der Waals surface area contributed by atoms with E-state index in [0.29, 0.717) is 29.9 Å². The molecule has 2 amide bonds. The van der Waals surface area contributed by atoms with E-state index >= 15 is 0 Å². The van der Waals surface area contributed by atoms with Crippen molar-refractivity contribution in [3.8, 4) is 5.75 Å². The minimum atomic E-state index is -3.86. The van der Waals surface area contributed by atoms with Gasteiger partial charge in [0.15, 0.2) is 0 Å². The van der Waals surface area contributed by atoms with Gasteiger partial charge in [0, 0.05) is 13.1 Å². The van der Waals surface area contributed by atoms with Crippen molar-refractivity contribution in [2.45, 2.75) is 44.9 Å². The molecule has 0 spiro atoms. The van der Waals surface area contributed by atoms with E-state index in [0.717, 1.165) is 11.1 Å². The van der Waals surface area contributed by atoms with Crippen molar-refractivity contribution in [2.24, 2.45) is 0 Å². The van der Waals surface area contributed by atoms with E-state index in [2.05, 4.69) is 10.6 Å². The van der Waals surface area contributed by atoms with Crippen LogP contribution in [0.3, 0.4) is 0 Å². The number of sulfonamides is 1. The lowest BCUT2D eigenvalue weighted by molar-refractivity contribution is -0.140. The second-order valence-electron chi connectivity index (χ2n) is 8.26. The average molecular weight is 490 g/mol. The Hall–Kier alpha value is -2.95. The van der Waals surface area contributed by atoms with E-state index < -0.39 is 28.1 Å². The molecule has 0 aromatic heterocycles. The molecule has 0 saturated carbocycles. The third kappa shape index (κ3) is 5.94. The van der Waals surface area contributed by atoms with Gasteiger partial charge in [0.1, 0.15) is 12.0 Å². The number of methoxy groups -OCH3 is 1. The summed E-state index contributed by atoms with van der Waals surface area (Å²) in [6.07, 6.45) is -0.368. The van der Waals surface area contributed by atoms with Crippen LogP contribution in [0.5, 0.6) is 5.75 Å². The molecular formula is C24H31N3O6S. The van der Waals surface area contributed by atoms with Crippen LogP contribution in [0, 0.1) is 20.8 Å². The van der Waals surface area contributed by atoms with Crippen molar-refractivity contribution in [1.29, 1.82) is 0 Å². The van der Waals surface area contributed by atoms with Gasteiger partial charge in [0.2, 0.25) is 10.0 Å². The number of rotatable bonds is 7. The van der Waals surface area contributed by atoms with E-state index in [9.17, 15) is 18.0 Å². The molecule has 2 aromatic carbocycles. The SMILES string of the molecule is COc1ccc(CNC(=O)C(=O)NC[C@@H]2OCCCN2S(=O)(=O)c2c(C)cc(C)cc2C)cc1. The lowest BCUT2D eigenvalue weighted by Crippen LogP contribution is -2.53. The summed E-state index contributed by atoms with van der Waals surface area (Å²) in [4.78, 5) is 24.8. The molecule has 0 unspecified atom stereocenters. The van der Waals surface area contributed by atoms with E-state index in [1.807, 2.05) is 19.1 Å². The van der Waals surface area contributed by atoms with Crippen molar-refractivity contribution in [2.75, 3.05) is 26.8 Å². The Morgan fingerprint density at radius 1 is 1.06 bits per heavy atom. The van der Waals surface area contributed by atoms with Crippen LogP contribution in [0.4, 0.5) is 0 Å². The molecule has 1 saturated heterocycles. The molecule has 2 N–H and O–H groups in total. The standard InChI is InChI=1S/C24H31N3O6S/c1-16-12-17(2)22(18(3)13-16)34(30,31)27-10-5-11-33-21(27)15-26-24(29)23(28)25-14-19-6-8-20(32-4)9-7-19/h6-9,12-13,21H,5,10-11,14-15H2,1-4H3,(H,25,28)(H,26,29)/t21-/m0/s1. The van der Waals surface area contributed by atoms with Crippen molar-refractivity contribution >= 4 is 21.8 Å². The van der Waals surface area contributed by atoms with Crippen molar-refractivity contribution in [1.82, 2.24) is 14.9 Å².